The predicted molar refractivity (Wildman–Crippen MR) is 169 cm³/mol. The van der Waals surface area contributed by atoms with Crippen LogP contribution in [0.2, 0.25) is 23.2 Å². The van der Waals surface area contributed by atoms with Gasteiger partial charge in [-0.1, -0.05) is 104 Å². The highest BCUT2D eigenvalue weighted by Gasteiger charge is 2.67. The number of fused-ring (bicyclic) bond motifs is 5. The van der Waals surface area contributed by atoms with Gasteiger partial charge in [-0.05, 0) is 108 Å². The largest absolute Gasteiger partial charge is 0.154 e. The van der Waals surface area contributed by atoms with E-state index in [0.717, 1.165) is 86.7 Å². The average molecular weight is 555 g/mol. The molecule has 0 aromatic carbocycles. The van der Waals surface area contributed by atoms with Crippen LogP contribution in [-0.2, 0) is 0 Å². The number of hydrogen-bond donors (Lipinski definition) is 0. The molecule has 0 aromatic rings. The van der Waals surface area contributed by atoms with Crippen LogP contribution in [-0.4, -0.2) is 18.6 Å². The Kier molecular flexibility index (Phi) is 7.70. The van der Waals surface area contributed by atoms with E-state index in [0.29, 0.717) is 0 Å². The molecule has 38 heavy (non-hydrogen) atoms. The highest BCUT2D eigenvalue weighted by molar-refractivity contribution is 8.00. The molecule has 2 heteroatoms. The first-order valence-electron chi connectivity index (χ1n) is 18.2. The molecule has 6 saturated carbocycles. The fraction of sp³-hybridized carbons (Fsp3) is 1.00. The highest BCUT2D eigenvalue weighted by atomic mass is 32.2. The summed E-state index contributed by atoms with van der Waals surface area (Å²) >= 11 is 2.54. The van der Waals surface area contributed by atoms with Gasteiger partial charge in [0.05, 0.1) is 8.07 Å². The van der Waals surface area contributed by atoms with Crippen molar-refractivity contribution in [2.75, 3.05) is 0 Å². The molecular formula is C36H62SSi. The molecule has 1 saturated heterocycles. The molecule has 216 valence electrons. The van der Waals surface area contributed by atoms with Crippen LogP contribution in [0.4, 0.5) is 0 Å². The van der Waals surface area contributed by atoms with Crippen molar-refractivity contribution in [1.29, 1.82) is 0 Å². The summed E-state index contributed by atoms with van der Waals surface area (Å²) in [5, 5.41) is 2.05. The Hall–Kier alpha value is 0.567. The van der Waals surface area contributed by atoms with Gasteiger partial charge < -0.3 is 0 Å². The standard InChI is InChI=1S/C36H62SSi/c1-6-38(7-2,36-24(5)23(4)34-33(36)28-17-11-12-19-31(28)37-34)35-22(3)20-29-30(35)21-26-16-13-18-27(26)32(29)25-14-9-8-10-15-25/h22-36H,6-21H2,1-5H3. The molecular weight excluding hydrogens is 493 g/mol. The summed E-state index contributed by atoms with van der Waals surface area (Å²) in [6.45, 7) is 13.8. The van der Waals surface area contributed by atoms with Gasteiger partial charge in [0.15, 0.2) is 0 Å². The molecule has 1 heterocycles. The van der Waals surface area contributed by atoms with E-state index >= 15 is 0 Å². The Morgan fingerprint density at radius 3 is 2.03 bits per heavy atom. The van der Waals surface area contributed by atoms with Gasteiger partial charge in [-0.15, -0.1) is 0 Å². The third-order valence-electron chi connectivity index (χ3n) is 15.7. The van der Waals surface area contributed by atoms with Crippen LogP contribution in [0.25, 0.3) is 0 Å². The summed E-state index contributed by atoms with van der Waals surface area (Å²) in [6, 6.07) is 3.22. The second kappa shape index (κ2) is 10.7. The fourth-order valence-electron chi connectivity index (χ4n) is 14.5. The minimum Gasteiger partial charge on any atom is -0.154 e. The Labute approximate surface area is 242 Å². The van der Waals surface area contributed by atoms with E-state index in [-0.39, 0.29) is 0 Å². The molecule has 0 N–H and O–H groups in total. The van der Waals surface area contributed by atoms with Crippen molar-refractivity contribution in [3.63, 3.8) is 0 Å². The topological polar surface area (TPSA) is 0 Å². The highest BCUT2D eigenvalue weighted by Crippen LogP contribution is 2.72. The summed E-state index contributed by atoms with van der Waals surface area (Å²) < 4.78 is 0. The van der Waals surface area contributed by atoms with Gasteiger partial charge in [-0.2, -0.15) is 11.8 Å². The number of rotatable bonds is 5. The van der Waals surface area contributed by atoms with Gasteiger partial charge in [0, 0.05) is 10.5 Å². The van der Waals surface area contributed by atoms with Gasteiger partial charge >= 0.3 is 0 Å². The van der Waals surface area contributed by atoms with Crippen LogP contribution < -0.4 is 0 Å². The zero-order valence-electron chi connectivity index (χ0n) is 25.9. The van der Waals surface area contributed by atoms with E-state index in [1.54, 1.807) is 89.1 Å². The Balaban J connectivity index is 1.26. The molecule has 1 aliphatic heterocycles. The van der Waals surface area contributed by atoms with Crippen LogP contribution in [0, 0.1) is 65.1 Å². The Morgan fingerprint density at radius 2 is 1.26 bits per heavy atom. The number of hydrogen-bond acceptors (Lipinski definition) is 1. The van der Waals surface area contributed by atoms with E-state index < -0.39 is 8.07 Å². The van der Waals surface area contributed by atoms with Crippen molar-refractivity contribution >= 4 is 19.8 Å². The minimum absolute atomic E-state index is 0.971. The maximum absolute atomic E-state index is 2.82. The van der Waals surface area contributed by atoms with Crippen LogP contribution >= 0.6 is 11.8 Å². The molecule has 7 fully saturated rings. The SMILES string of the molecule is CC[Si](CC)(C1C(C)CC2C1CC1CCCC1C2C1CCCCC1)C1C(C)C(C)C2SC3CCCCC3C21. The summed E-state index contributed by atoms with van der Waals surface area (Å²) in [6.07, 6.45) is 22.2. The van der Waals surface area contributed by atoms with Crippen molar-refractivity contribution in [2.45, 2.75) is 158 Å². The van der Waals surface area contributed by atoms with E-state index in [9.17, 15) is 0 Å². The molecule has 14 unspecified atom stereocenters. The Morgan fingerprint density at radius 1 is 0.579 bits per heavy atom. The zero-order chi connectivity index (χ0) is 26.2. The van der Waals surface area contributed by atoms with E-state index in [1.165, 1.54) is 12.8 Å². The van der Waals surface area contributed by atoms with Gasteiger partial charge in [0.2, 0.25) is 0 Å². The monoisotopic (exact) mass is 554 g/mol. The van der Waals surface area contributed by atoms with Gasteiger partial charge in [-0.25, -0.2) is 0 Å². The summed E-state index contributed by atoms with van der Waals surface area (Å²) in [5.74, 6) is 11.9. The van der Waals surface area contributed by atoms with E-state index in [1.807, 2.05) is 0 Å². The van der Waals surface area contributed by atoms with Crippen LogP contribution in [0.5, 0.6) is 0 Å². The second-order valence-corrected chi connectivity index (χ2v) is 23.1. The Bertz CT molecular complexity index is 827. The lowest BCUT2D eigenvalue weighted by Crippen LogP contribution is -2.52. The van der Waals surface area contributed by atoms with Crippen LogP contribution in [0.3, 0.4) is 0 Å². The van der Waals surface area contributed by atoms with Crippen molar-refractivity contribution in [2.24, 2.45) is 65.1 Å². The summed E-state index contributed by atoms with van der Waals surface area (Å²) in [5.41, 5.74) is 2.29. The number of thioether (sulfide) groups is 1. The summed E-state index contributed by atoms with van der Waals surface area (Å²) in [7, 11) is -1.45. The molecule has 0 radical (unpaired) electrons. The van der Waals surface area contributed by atoms with Crippen molar-refractivity contribution < 1.29 is 0 Å². The van der Waals surface area contributed by atoms with Crippen molar-refractivity contribution in [1.82, 2.24) is 0 Å². The average Bonchev–Trinajstić information content (AvgIpc) is 3.69. The third-order valence-corrected chi connectivity index (χ3v) is 24.9. The zero-order valence-corrected chi connectivity index (χ0v) is 27.7. The molecule has 14 atom stereocenters. The van der Waals surface area contributed by atoms with E-state index in [2.05, 4.69) is 46.4 Å². The summed E-state index contributed by atoms with van der Waals surface area (Å²) in [4.78, 5) is 0. The lowest BCUT2D eigenvalue weighted by molar-refractivity contribution is 0.0156. The quantitative estimate of drug-likeness (QED) is 0.304. The van der Waals surface area contributed by atoms with Crippen molar-refractivity contribution in [3.05, 3.63) is 0 Å². The molecule has 0 bridgehead atoms. The molecule has 6 aliphatic carbocycles. The second-order valence-electron chi connectivity index (χ2n) is 16.5. The molecule has 0 spiro atoms. The normalized spacial score (nSPS) is 53.0. The lowest BCUT2D eigenvalue weighted by Gasteiger charge is -2.54. The fourth-order valence-corrected chi connectivity index (χ4v) is 24.8. The first-order valence-corrected chi connectivity index (χ1v) is 21.7. The smallest absolute Gasteiger partial charge is 0.0604 e. The maximum Gasteiger partial charge on any atom is 0.0604 e. The van der Waals surface area contributed by atoms with Gasteiger partial charge in [0.1, 0.15) is 0 Å². The first kappa shape index (κ1) is 27.4. The lowest BCUT2D eigenvalue weighted by atomic mass is 9.58. The van der Waals surface area contributed by atoms with Crippen molar-refractivity contribution in [3.8, 4) is 0 Å². The van der Waals surface area contributed by atoms with Crippen LogP contribution in [0.15, 0.2) is 0 Å². The first-order chi connectivity index (χ1) is 18.5. The van der Waals surface area contributed by atoms with Gasteiger partial charge in [0.25, 0.3) is 0 Å². The molecule has 7 aliphatic rings. The minimum atomic E-state index is -1.45. The van der Waals surface area contributed by atoms with Gasteiger partial charge in [-0.3, -0.25) is 0 Å². The maximum atomic E-state index is 2.82. The molecule has 0 amide bonds. The predicted octanol–water partition coefficient (Wildman–Crippen LogP) is 11.1. The van der Waals surface area contributed by atoms with Crippen LogP contribution in [0.1, 0.15) is 125 Å². The molecule has 0 nitrogen and oxygen atoms in total. The third kappa shape index (κ3) is 4.00. The molecule has 0 aromatic heterocycles. The molecule has 7 rings (SSSR count). The van der Waals surface area contributed by atoms with E-state index in [4.69, 9.17) is 0 Å².